The van der Waals surface area contributed by atoms with Gasteiger partial charge >= 0.3 is 0 Å². The van der Waals surface area contributed by atoms with Crippen molar-refractivity contribution in [1.82, 2.24) is 5.32 Å². The van der Waals surface area contributed by atoms with Crippen molar-refractivity contribution in [2.45, 2.75) is 26.3 Å². The van der Waals surface area contributed by atoms with Gasteiger partial charge in [-0.3, -0.25) is 0 Å². The fourth-order valence-electron chi connectivity index (χ4n) is 0.817. The summed E-state index contributed by atoms with van der Waals surface area (Å²) in [5.41, 5.74) is 1.40. The van der Waals surface area contributed by atoms with Gasteiger partial charge in [0, 0.05) is 23.2 Å². The van der Waals surface area contributed by atoms with Gasteiger partial charge in [-0.25, -0.2) is 0 Å². The zero-order chi connectivity index (χ0) is 10.1. The molecule has 0 aliphatic heterocycles. The smallest absolute Gasteiger partial charge is 0.0431 e. The van der Waals surface area contributed by atoms with Gasteiger partial charge in [-0.2, -0.15) is 11.8 Å². The molecule has 0 saturated heterocycles. The van der Waals surface area contributed by atoms with Crippen LogP contribution in [0.2, 0.25) is 0 Å². The van der Waals surface area contributed by atoms with Crippen molar-refractivity contribution >= 4 is 35.0 Å². The molecule has 1 nitrogen and oxygen atoms in total. The lowest BCUT2D eigenvalue weighted by Gasteiger charge is -2.12. The summed E-state index contributed by atoms with van der Waals surface area (Å²) in [6.45, 7) is 5.01. The van der Waals surface area contributed by atoms with Gasteiger partial charge in [0.2, 0.25) is 0 Å². The zero-order valence-electron chi connectivity index (χ0n) is 8.15. The number of rotatable bonds is 7. The van der Waals surface area contributed by atoms with Crippen LogP contribution in [0.5, 0.6) is 0 Å². The Balaban J connectivity index is 3.34. The SMILES string of the molecule is CCSCCC(C)NCC(Cl)=CCl. The summed E-state index contributed by atoms with van der Waals surface area (Å²) in [7, 11) is 0. The van der Waals surface area contributed by atoms with E-state index in [0.29, 0.717) is 17.6 Å². The highest BCUT2D eigenvalue weighted by Gasteiger charge is 2.00. The summed E-state index contributed by atoms with van der Waals surface area (Å²) < 4.78 is 0. The van der Waals surface area contributed by atoms with Gasteiger partial charge in [0.25, 0.3) is 0 Å². The molecule has 0 aromatic carbocycles. The first-order valence-corrected chi connectivity index (χ1v) is 6.43. The Hall–Kier alpha value is 0.630. The average molecular weight is 242 g/mol. The molecule has 1 unspecified atom stereocenters. The first kappa shape index (κ1) is 13.6. The van der Waals surface area contributed by atoms with Gasteiger partial charge < -0.3 is 5.32 Å². The molecule has 0 fully saturated rings. The molecule has 13 heavy (non-hydrogen) atoms. The lowest BCUT2D eigenvalue weighted by Crippen LogP contribution is -2.27. The third kappa shape index (κ3) is 8.95. The average Bonchev–Trinajstić information content (AvgIpc) is 2.14. The highest BCUT2D eigenvalue weighted by atomic mass is 35.5. The Morgan fingerprint density at radius 3 is 2.85 bits per heavy atom. The van der Waals surface area contributed by atoms with E-state index in [4.69, 9.17) is 23.2 Å². The molecular formula is C9H17Cl2NS. The van der Waals surface area contributed by atoms with E-state index in [0.717, 1.165) is 0 Å². The Kier molecular flexibility index (Phi) is 9.64. The maximum absolute atomic E-state index is 5.73. The van der Waals surface area contributed by atoms with Gasteiger partial charge in [-0.1, -0.05) is 30.1 Å². The van der Waals surface area contributed by atoms with Crippen molar-refractivity contribution in [2.24, 2.45) is 0 Å². The highest BCUT2D eigenvalue weighted by molar-refractivity contribution is 7.99. The maximum atomic E-state index is 5.73. The van der Waals surface area contributed by atoms with E-state index in [1.54, 1.807) is 0 Å². The van der Waals surface area contributed by atoms with E-state index in [-0.39, 0.29) is 0 Å². The van der Waals surface area contributed by atoms with Crippen molar-refractivity contribution in [3.8, 4) is 0 Å². The molecule has 0 amide bonds. The fourth-order valence-corrected chi connectivity index (χ4v) is 1.78. The molecule has 1 atom stereocenters. The lowest BCUT2D eigenvalue weighted by atomic mass is 10.2. The summed E-state index contributed by atoms with van der Waals surface area (Å²) >= 11 is 13.1. The molecule has 0 bridgehead atoms. The van der Waals surface area contributed by atoms with E-state index in [1.165, 1.54) is 23.5 Å². The van der Waals surface area contributed by atoms with Crippen molar-refractivity contribution in [3.63, 3.8) is 0 Å². The normalized spacial score (nSPS) is 14.6. The molecule has 0 spiro atoms. The predicted molar refractivity (Wildman–Crippen MR) is 64.9 cm³/mol. The van der Waals surface area contributed by atoms with Crippen molar-refractivity contribution in [2.75, 3.05) is 18.1 Å². The second-order valence-electron chi connectivity index (χ2n) is 2.82. The van der Waals surface area contributed by atoms with Crippen LogP contribution in [0.1, 0.15) is 20.3 Å². The van der Waals surface area contributed by atoms with Crippen LogP contribution in [0.15, 0.2) is 10.6 Å². The summed E-state index contributed by atoms with van der Waals surface area (Å²) in [5.74, 6) is 2.39. The summed E-state index contributed by atoms with van der Waals surface area (Å²) in [4.78, 5) is 0. The summed E-state index contributed by atoms with van der Waals surface area (Å²) in [6.07, 6.45) is 1.17. The lowest BCUT2D eigenvalue weighted by molar-refractivity contribution is 0.569. The standard InChI is InChI=1S/C9H17Cl2NS/c1-3-13-5-4-8(2)12-7-9(11)6-10/h6,8,12H,3-5,7H2,1-2H3. The van der Waals surface area contributed by atoms with Crippen molar-refractivity contribution < 1.29 is 0 Å². The monoisotopic (exact) mass is 241 g/mol. The van der Waals surface area contributed by atoms with Crippen LogP contribution in [-0.2, 0) is 0 Å². The minimum absolute atomic E-state index is 0.504. The number of thioether (sulfide) groups is 1. The molecule has 78 valence electrons. The Morgan fingerprint density at radius 1 is 1.62 bits per heavy atom. The molecule has 4 heteroatoms. The number of hydrogen-bond acceptors (Lipinski definition) is 2. The maximum Gasteiger partial charge on any atom is 0.0431 e. The summed E-state index contributed by atoms with van der Waals surface area (Å²) in [5, 5.41) is 3.96. The van der Waals surface area contributed by atoms with Gasteiger partial charge in [0.15, 0.2) is 0 Å². The van der Waals surface area contributed by atoms with E-state index < -0.39 is 0 Å². The van der Waals surface area contributed by atoms with Crippen LogP contribution in [0.25, 0.3) is 0 Å². The van der Waals surface area contributed by atoms with Crippen molar-refractivity contribution in [1.29, 1.82) is 0 Å². The van der Waals surface area contributed by atoms with Crippen LogP contribution >= 0.6 is 35.0 Å². The first-order chi connectivity index (χ1) is 6.20. The molecule has 0 aromatic heterocycles. The Morgan fingerprint density at radius 2 is 2.31 bits per heavy atom. The number of hydrogen-bond donors (Lipinski definition) is 1. The Bertz CT molecular complexity index is 151. The van der Waals surface area contributed by atoms with Gasteiger partial charge in [0.05, 0.1) is 0 Å². The molecule has 0 rings (SSSR count). The van der Waals surface area contributed by atoms with E-state index in [9.17, 15) is 0 Å². The molecule has 1 N–H and O–H groups in total. The second kappa shape index (κ2) is 9.20. The van der Waals surface area contributed by atoms with Crippen LogP contribution in [-0.4, -0.2) is 24.1 Å². The predicted octanol–water partition coefficient (Wildman–Crippen LogP) is 3.43. The number of nitrogens with one attached hydrogen (secondary N) is 1. The largest absolute Gasteiger partial charge is 0.309 e. The van der Waals surface area contributed by atoms with Crippen LogP contribution in [0.4, 0.5) is 0 Å². The third-order valence-electron chi connectivity index (χ3n) is 1.64. The van der Waals surface area contributed by atoms with Crippen LogP contribution in [0.3, 0.4) is 0 Å². The zero-order valence-corrected chi connectivity index (χ0v) is 10.5. The molecule has 0 heterocycles. The number of halogens is 2. The Labute approximate surface area is 95.2 Å². The van der Waals surface area contributed by atoms with E-state index in [1.807, 2.05) is 11.8 Å². The fraction of sp³-hybridized carbons (Fsp3) is 0.778. The van der Waals surface area contributed by atoms with Gasteiger partial charge in [-0.15, -0.1) is 0 Å². The quantitative estimate of drug-likeness (QED) is 0.686. The van der Waals surface area contributed by atoms with Gasteiger partial charge in [0.1, 0.15) is 0 Å². The molecular weight excluding hydrogens is 225 g/mol. The molecule has 0 saturated carbocycles. The van der Waals surface area contributed by atoms with Crippen LogP contribution in [0, 0.1) is 0 Å². The third-order valence-corrected chi connectivity index (χ3v) is 3.19. The molecule has 0 aliphatic rings. The minimum Gasteiger partial charge on any atom is -0.309 e. The minimum atomic E-state index is 0.504. The van der Waals surface area contributed by atoms with Crippen molar-refractivity contribution in [3.05, 3.63) is 10.6 Å². The van der Waals surface area contributed by atoms with Gasteiger partial charge in [-0.05, 0) is 24.9 Å². The first-order valence-electron chi connectivity index (χ1n) is 4.46. The van der Waals surface area contributed by atoms with E-state index in [2.05, 4.69) is 19.2 Å². The highest BCUT2D eigenvalue weighted by Crippen LogP contribution is 2.05. The molecule has 0 aromatic rings. The molecule has 0 aliphatic carbocycles. The summed E-state index contributed by atoms with van der Waals surface area (Å²) in [6, 6.07) is 0.504. The van der Waals surface area contributed by atoms with Crippen LogP contribution < -0.4 is 5.32 Å². The second-order valence-corrected chi connectivity index (χ2v) is 4.92. The molecule has 0 radical (unpaired) electrons. The topological polar surface area (TPSA) is 12.0 Å². The van der Waals surface area contributed by atoms with E-state index >= 15 is 0 Å².